The summed E-state index contributed by atoms with van der Waals surface area (Å²) in [7, 11) is 0. The average Bonchev–Trinajstić information content (AvgIpc) is 2.26. The molecule has 0 spiro atoms. The van der Waals surface area contributed by atoms with E-state index in [1.54, 1.807) is 6.08 Å². The van der Waals surface area contributed by atoms with Gasteiger partial charge in [-0.05, 0) is 17.6 Å². The van der Waals surface area contributed by atoms with Gasteiger partial charge in [-0.15, -0.1) is 0 Å². The van der Waals surface area contributed by atoms with Gasteiger partial charge in [0.15, 0.2) is 17.6 Å². The molecule has 1 unspecified atom stereocenters. The van der Waals surface area contributed by atoms with E-state index in [9.17, 15) is 0 Å². The Bertz CT molecular complexity index is 402. The van der Waals surface area contributed by atoms with Crippen molar-refractivity contribution in [3.63, 3.8) is 0 Å². The quantitative estimate of drug-likeness (QED) is 0.673. The lowest BCUT2D eigenvalue weighted by Crippen LogP contribution is -2.28. The Kier molecular flexibility index (Phi) is 2.66. The number of fused-ring (bicyclic) bond motifs is 1. The van der Waals surface area contributed by atoms with Gasteiger partial charge >= 0.3 is 0 Å². The molecule has 1 aliphatic heterocycles. The van der Waals surface area contributed by atoms with Gasteiger partial charge in [-0.1, -0.05) is 39.5 Å². The zero-order chi connectivity index (χ0) is 11.8. The van der Waals surface area contributed by atoms with Gasteiger partial charge in [0.2, 0.25) is 0 Å². The Morgan fingerprint density at radius 2 is 2.12 bits per heavy atom. The first-order valence-corrected chi connectivity index (χ1v) is 5.58. The van der Waals surface area contributed by atoms with Crippen LogP contribution >= 0.6 is 0 Å². The summed E-state index contributed by atoms with van der Waals surface area (Å²) in [6, 6.07) is 6.05. The Morgan fingerprint density at radius 1 is 1.38 bits per heavy atom. The molecule has 0 aliphatic carbocycles. The second-order valence-corrected chi connectivity index (χ2v) is 5.09. The van der Waals surface area contributed by atoms with Crippen LogP contribution < -0.4 is 9.47 Å². The predicted octanol–water partition coefficient (Wildman–Crippen LogP) is 3.31. The van der Waals surface area contributed by atoms with E-state index in [1.807, 2.05) is 12.1 Å². The molecule has 0 saturated heterocycles. The molecule has 2 heteroatoms. The van der Waals surface area contributed by atoms with Crippen molar-refractivity contribution in [2.75, 3.05) is 6.61 Å². The maximum absolute atomic E-state index is 5.90. The zero-order valence-corrected chi connectivity index (χ0v) is 10.1. The van der Waals surface area contributed by atoms with E-state index in [1.165, 1.54) is 5.56 Å². The normalized spacial score (nSPS) is 19.3. The summed E-state index contributed by atoms with van der Waals surface area (Å²) in [6.07, 6.45) is 1.73. The molecule has 0 aromatic heterocycles. The Labute approximate surface area is 96.9 Å². The lowest BCUT2D eigenvalue weighted by atomic mass is 9.86. The number of rotatable bonds is 1. The highest BCUT2D eigenvalue weighted by Gasteiger charge is 2.26. The van der Waals surface area contributed by atoms with Crippen LogP contribution in [0, 0.1) is 0 Å². The fraction of sp³-hybridized carbons (Fsp3) is 0.429. The van der Waals surface area contributed by atoms with Crippen molar-refractivity contribution in [1.29, 1.82) is 0 Å². The average molecular weight is 218 g/mol. The van der Waals surface area contributed by atoms with Crippen LogP contribution in [0.25, 0.3) is 0 Å². The third-order valence-electron chi connectivity index (χ3n) is 2.72. The van der Waals surface area contributed by atoms with Crippen molar-refractivity contribution < 1.29 is 9.47 Å². The van der Waals surface area contributed by atoms with Crippen molar-refractivity contribution in [3.8, 4) is 11.5 Å². The fourth-order valence-corrected chi connectivity index (χ4v) is 1.82. The van der Waals surface area contributed by atoms with E-state index in [0.717, 1.165) is 11.5 Å². The minimum atomic E-state index is -0.0454. The van der Waals surface area contributed by atoms with Gasteiger partial charge in [-0.25, -0.2) is 0 Å². The van der Waals surface area contributed by atoms with Crippen molar-refractivity contribution >= 4 is 0 Å². The molecule has 1 aromatic carbocycles. The van der Waals surface area contributed by atoms with Crippen LogP contribution in [-0.4, -0.2) is 12.7 Å². The molecule has 1 aromatic rings. The summed E-state index contributed by atoms with van der Waals surface area (Å²) >= 11 is 0. The van der Waals surface area contributed by atoms with Gasteiger partial charge in [-0.3, -0.25) is 0 Å². The number of hydrogen-bond acceptors (Lipinski definition) is 2. The lowest BCUT2D eigenvalue weighted by Gasteiger charge is -2.30. The zero-order valence-electron chi connectivity index (χ0n) is 10.1. The van der Waals surface area contributed by atoms with E-state index in [-0.39, 0.29) is 11.5 Å². The maximum atomic E-state index is 5.90. The number of benzene rings is 1. The van der Waals surface area contributed by atoms with Gasteiger partial charge in [0.1, 0.15) is 6.61 Å². The van der Waals surface area contributed by atoms with Crippen molar-refractivity contribution in [1.82, 2.24) is 0 Å². The molecule has 0 bridgehead atoms. The summed E-state index contributed by atoms with van der Waals surface area (Å²) in [5.41, 5.74) is 1.23. The van der Waals surface area contributed by atoms with E-state index < -0.39 is 0 Å². The molecule has 1 atom stereocenters. The van der Waals surface area contributed by atoms with Crippen LogP contribution in [0.15, 0.2) is 30.9 Å². The SMILES string of the molecule is C=CC1COc2cccc(C(C)(C)C)c2O1. The third kappa shape index (κ3) is 1.92. The molecule has 1 heterocycles. The number of para-hydroxylation sites is 1. The standard InChI is InChI=1S/C14H18O2/c1-5-10-9-15-12-8-6-7-11(13(12)16-10)14(2,3)4/h5-8,10H,1,9H2,2-4H3. The summed E-state index contributed by atoms with van der Waals surface area (Å²) < 4.78 is 11.6. The fourth-order valence-electron chi connectivity index (χ4n) is 1.82. The van der Waals surface area contributed by atoms with Crippen LogP contribution in [0.1, 0.15) is 26.3 Å². The van der Waals surface area contributed by atoms with E-state index >= 15 is 0 Å². The highest BCUT2D eigenvalue weighted by Crippen LogP contribution is 2.40. The first-order valence-electron chi connectivity index (χ1n) is 5.58. The van der Waals surface area contributed by atoms with Gasteiger partial charge < -0.3 is 9.47 Å². The highest BCUT2D eigenvalue weighted by atomic mass is 16.6. The Morgan fingerprint density at radius 3 is 2.75 bits per heavy atom. The van der Waals surface area contributed by atoms with Gasteiger partial charge in [0, 0.05) is 5.56 Å². The molecular formula is C14H18O2. The van der Waals surface area contributed by atoms with Crippen molar-refractivity contribution in [2.45, 2.75) is 32.3 Å². The Hall–Kier alpha value is -1.44. The molecule has 16 heavy (non-hydrogen) atoms. The summed E-state index contributed by atoms with van der Waals surface area (Å²) in [4.78, 5) is 0. The second-order valence-electron chi connectivity index (χ2n) is 5.09. The van der Waals surface area contributed by atoms with Crippen LogP contribution in [-0.2, 0) is 5.41 Å². The summed E-state index contributed by atoms with van der Waals surface area (Å²) in [5, 5.41) is 0. The molecule has 0 saturated carbocycles. The molecule has 1 aliphatic rings. The highest BCUT2D eigenvalue weighted by molar-refractivity contribution is 5.50. The first kappa shape index (κ1) is 11.1. The second kappa shape index (κ2) is 3.85. The predicted molar refractivity (Wildman–Crippen MR) is 65.3 cm³/mol. The topological polar surface area (TPSA) is 18.5 Å². The third-order valence-corrected chi connectivity index (χ3v) is 2.72. The lowest BCUT2D eigenvalue weighted by molar-refractivity contribution is 0.120. The Balaban J connectivity index is 2.46. The van der Waals surface area contributed by atoms with Crippen LogP contribution in [0.3, 0.4) is 0 Å². The van der Waals surface area contributed by atoms with Crippen molar-refractivity contribution in [2.24, 2.45) is 0 Å². The van der Waals surface area contributed by atoms with Gasteiger partial charge in [0.25, 0.3) is 0 Å². The van der Waals surface area contributed by atoms with Crippen LogP contribution in [0.4, 0.5) is 0 Å². The molecule has 2 nitrogen and oxygen atoms in total. The molecule has 86 valence electrons. The van der Waals surface area contributed by atoms with E-state index in [2.05, 4.69) is 33.4 Å². The monoisotopic (exact) mass is 218 g/mol. The smallest absolute Gasteiger partial charge is 0.165 e. The molecule has 0 fully saturated rings. The van der Waals surface area contributed by atoms with Crippen molar-refractivity contribution in [3.05, 3.63) is 36.4 Å². The van der Waals surface area contributed by atoms with Crippen LogP contribution in [0.2, 0.25) is 0 Å². The molecule has 0 N–H and O–H groups in total. The molecule has 0 amide bonds. The summed E-state index contributed by atoms with van der Waals surface area (Å²) in [5.74, 6) is 1.71. The van der Waals surface area contributed by atoms with Gasteiger partial charge in [0.05, 0.1) is 0 Å². The first-order chi connectivity index (χ1) is 7.52. The van der Waals surface area contributed by atoms with Crippen LogP contribution in [0.5, 0.6) is 11.5 Å². The molecule has 2 rings (SSSR count). The van der Waals surface area contributed by atoms with E-state index in [0.29, 0.717) is 6.61 Å². The summed E-state index contributed by atoms with van der Waals surface area (Å²) in [6.45, 7) is 10.8. The number of ether oxygens (including phenoxy) is 2. The minimum Gasteiger partial charge on any atom is -0.485 e. The van der Waals surface area contributed by atoms with Gasteiger partial charge in [-0.2, -0.15) is 0 Å². The number of hydrogen-bond donors (Lipinski definition) is 0. The van der Waals surface area contributed by atoms with E-state index in [4.69, 9.17) is 9.47 Å². The largest absolute Gasteiger partial charge is 0.485 e. The minimum absolute atomic E-state index is 0.0454. The molecular weight excluding hydrogens is 200 g/mol. The molecule has 0 radical (unpaired) electrons. The maximum Gasteiger partial charge on any atom is 0.165 e.